The van der Waals surface area contributed by atoms with Gasteiger partial charge in [-0.15, -0.1) is 24.0 Å². The molecule has 0 amide bonds. The lowest BCUT2D eigenvalue weighted by Crippen LogP contribution is -2.56. The van der Waals surface area contributed by atoms with Crippen molar-refractivity contribution in [1.29, 1.82) is 0 Å². The Balaban J connectivity index is 0.00000300. The van der Waals surface area contributed by atoms with Crippen LogP contribution < -0.4 is 5.32 Å². The highest BCUT2D eigenvalue weighted by Gasteiger charge is 2.36. The zero-order chi connectivity index (χ0) is 19.6. The van der Waals surface area contributed by atoms with Crippen LogP contribution in [0, 0.1) is 5.92 Å². The van der Waals surface area contributed by atoms with E-state index in [2.05, 4.69) is 50.4 Å². The summed E-state index contributed by atoms with van der Waals surface area (Å²) in [6.45, 7) is 6.45. The molecule has 0 aromatic heterocycles. The fourth-order valence-corrected chi connectivity index (χ4v) is 4.79. The predicted molar refractivity (Wildman–Crippen MR) is 132 cm³/mol. The van der Waals surface area contributed by atoms with Gasteiger partial charge in [0.25, 0.3) is 0 Å². The number of methoxy groups -OCH3 is 1. The molecule has 1 aromatic rings. The monoisotopic (exact) mass is 514 g/mol. The van der Waals surface area contributed by atoms with Crippen molar-refractivity contribution in [1.82, 2.24) is 15.1 Å². The van der Waals surface area contributed by atoms with Gasteiger partial charge in [0, 0.05) is 53.0 Å². The van der Waals surface area contributed by atoms with Crippen molar-refractivity contribution in [2.45, 2.75) is 51.1 Å². The van der Waals surface area contributed by atoms with E-state index in [1.807, 2.05) is 7.05 Å². The molecule has 2 heterocycles. The van der Waals surface area contributed by atoms with E-state index in [4.69, 9.17) is 4.74 Å². The molecule has 2 unspecified atom stereocenters. The molecule has 1 N–H and O–H groups in total. The van der Waals surface area contributed by atoms with Crippen LogP contribution in [0.3, 0.4) is 0 Å². The molecule has 164 valence electrons. The minimum absolute atomic E-state index is 0. The maximum atomic E-state index is 5.13. The third kappa shape index (κ3) is 7.40. The molecule has 0 aliphatic carbocycles. The average Bonchev–Trinajstić information content (AvgIpc) is 2.74. The van der Waals surface area contributed by atoms with Gasteiger partial charge < -0.3 is 15.0 Å². The van der Waals surface area contributed by atoms with E-state index in [-0.39, 0.29) is 24.0 Å². The number of ether oxygens (including phenoxy) is 1. The Bertz CT molecular complexity index is 598. The van der Waals surface area contributed by atoms with Crippen LogP contribution in [-0.2, 0) is 11.3 Å². The van der Waals surface area contributed by atoms with Gasteiger partial charge in [0.1, 0.15) is 0 Å². The molecular formula is C23H39IN4O. The highest BCUT2D eigenvalue weighted by Crippen LogP contribution is 2.31. The molecule has 2 aliphatic heterocycles. The van der Waals surface area contributed by atoms with Gasteiger partial charge in [0.2, 0.25) is 0 Å². The summed E-state index contributed by atoms with van der Waals surface area (Å²) in [6.07, 6.45) is 7.42. The first-order chi connectivity index (χ1) is 13.8. The number of hydrogen-bond donors (Lipinski definition) is 1. The standard InChI is InChI=1S/C23H38N4O.HI/c1-24-23(25-14-7-4-8-17-28-2)27-16-13-22-21(19-27)12-9-15-26(22)18-20-10-5-3-6-11-20;/h3,5-6,10-11,21-22H,4,7-9,12-19H2,1-2H3,(H,24,25);1H. The summed E-state index contributed by atoms with van der Waals surface area (Å²) in [6, 6.07) is 11.7. The number of piperidine rings is 2. The maximum absolute atomic E-state index is 5.13. The maximum Gasteiger partial charge on any atom is 0.193 e. The lowest BCUT2D eigenvalue weighted by Gasteiger charge is -2.48. The molecule has 0 saturated carbocycles. The lowest BCUT2D eigenvalue weighted by molar-refractivity contribution is 0.0372. The van der Waals surface area contributed by atoms with Crippen molar-refractivity contribution in [3.8, 4) is 0 Å². The number of rotatable bonds is 8. The Kier molecular flexibility index (Phi) is 11.3. The van der Waals surface area contributed by atoms with Crippen molar-refractivity contribution in [3.05, 3.63) is 35.9 Å². The van der Waals surface area contributed by atoms with E-state index in [1.165, 1.54) is 44.2 Å². The van der Waals surface area contributed by atoms with E-state index in [1.54, 1.807) is 7.11 Å². The van der Waals surface area contributed by atoms with Gasteiger partial charge in [-0.2, -0.15) is 0 Å². The van der Waals surface area contributed by atoms with Gasteiger partial charge in [-0.3, -0.25) is 9.89 Å². The number of unbranched alkanes of at least 4 members (excludes halogenated alkanes) is 2. The topological polar surface area (TPSA) is 40.1 Å². The summed E-state index contributed by atoms with van der Waals surface area (Å²) in [5.41, 5.74) is 1.44. The average molecular weight is 514 g/mol. The molecule has 6 heteroatoms. The van der Waals surface area contributed by atoms with Crippen LogP contribution in [-0.4, -0.2) is 68.7 Å². The predicted octanol–water partition coefficient (Wildman–Crippen LogP) is 3.98. The number of nitrogens with one attached hydrogen (secondary N) is 1. The minimum Gasteiger partial charge on any atom is -0.385 e. The van der Waals surface area contributed by atoms with Crippen molar-refractivity contribution in [2.24, 2.45) is 10.9 Å². The number of halogens is 1. The Morgan fingerprint density at radius 3 is 2.72 bits per heavy atom. The molecule has 2 atom stereocenters. The minimum atomic E-state index is 0. The molecule has 1 aromatic carbocycles. The molecule has 2 fully saturated rings. The molecular weight excluding hydrogens is 475 g/mol. The quantitative estimate of drug-likeness (QED) is 0.247. The van der Waals surface area contributed by atoms with Crippen LogP contribution in [0.1, 0.15) is 44.1 Å². The van der Waals surface area contributed by atoms with Crippen LogP contribution in [0.2, 0.25) is 0 Å². The molecule has 2 saturated heterocycles. The van der Waals surface area contributed by atoms with Gasteiger partial charge in [-0.05, 0) is 56.6 Å². The third-order valence-electron chi connectivity index (χ3n) is 6.23. The molecule has 29 heavy (non-hydrogen) atoms. The van der Waals surface area contributed by atoms with Crippen LogP contribution in [0.25, 0.3) is 0 Å². The molecule has 5 nitrogen and oxygen atoms in total. The Morgan fingerprint density at radius 1 is 1.14 bits per heavy atom. The Morgan fingerprint density at radius 2 is 1.97 bits per heavy atom. The normalized spacial score (nSPS) is 22.7. The van der Waals surface area contributed by atoms with Crippen LogP contribution in [0.5, 0.6) is 0 Å². The summed E-state index contributed by atoms with van der Waals surface area (Å²) in [5, 5.41) is 3.58. The zero-order valence-corrected chi connectivity index (χ0v) is 20.5. The number of guanidine groups is 1. The van der Waals surface area contributed by atoms with Gasteiger partial charge in [0.05, 0.1) is 0 Å². The van der Waals surface area contributed by atoms with Gasteiger partial charge >= 0.3 is 0 Å². The van der Waals surface area contributed by atoms with Crippen molar-refractivity contribution >= 4 is 29.9 Å². The van der Waals surface area contributed by atoms with E-state index in [0.717, 1.165) is 57.1 Å². The summed E-state index contributed by atoms with van der Waals surface area (Å²) in [5.74, 6) is 1.84. The molecule has 0 bridgehead atoms. The number of aliphatic imine (C=N–C) groups is 1. The van der Waals surface area contributed by atoms with Gasteiger partial charge in [-0.1, -0.05) is 30.3 Å². The second-order valence-electron chi connectivity index (χ2n) is 8.19. The van der Waals surface area contributed by atoms with E-state index < -0.39 is 0 Å². The fraction of sp³-hybridized carbons (Fsp3) is 0.696. The summed E-state index contributed by atoms with van der Waals surface area (Å²) < 4.78 is 5.13. The number of nitrogens with zero attached hydrogens (tertiary/aromatic N) is 3. The molecule has 2 aliphatic rings. The number of likely N-dealkylation sites (tertiary alicyclic amines) is 2. The van der Waals surface area contributed by atoms with Crippen LogP contribution in [0.4, 0.5) is 0 Å². The van der Waals surface area contributed by atoms with Crippen LogP contribution >= 0.6 is 24.0 Å². The number of fused-ring (bicyclic) bond motifs is 1. The van der Waals surface area contributed by atoms with E-state index in [0.29, 0.717) is 0 Å². The zero-order valence-electron chi connectivity index (χ0n) is 18.2. The first-order valence-corrected chi connectivity index (χ1v) is 11.0. The van der Waals surface area contributed by atoms with Crippen molar-refractivity contribution in [2.75, 3.05) is 46.9 Å². The van der Waals surface area contributed by atoms with Crippen molar-refractivity contribution < 1.29 is 4.74 Å². The summed E-state index contributed by atoms with van der Waals surface area (Å²) in [4.78, 5) is 9.78. The summed E-state index contributed by atoms with van der Waals surface area (Å²) >= 11 is 0. The van der Waals surface area contributed by atoms with Gasteiger partial charge in [0.15, 0.2) is 5.96 Å². The smallest absolute Gasteiger partial charge is 0.193 e. The first-order valence-electron chi connectivity index (χ1n) is 11.0. The first kappa shape index (κ1) is 24.4. The summed E-state index contributed by atoms with van der Waals surface area (Å²) in [7, 11) is 3.69. The van der Waals surface area contributed by atoms with Crippen molar-refractivity contribution in [3.63, 3.8) is 0 Å². The highest BCUT2D eigenvalue weighted by atomic mass is 127. The van der Waals surface area contributed by atoms with Crippen LogP contribution in [0.15, 0.2) is 35.3 Å². The second-order valence-corrected chi connectivity index (χ2v) is 8.19. The highest BCUT2D eigenvalue weighted by molar-refractivity contribution is 14.0. The third-order valence-corrected chi connectivity index (χ3v) is 6.23. The Labute approximate surface area is 194 Å². The molecule has 0 radical (unpaired) electrons. The molecule has 0 spiro atoms. The van der Waals surface area contributed by atoms with E-state index >= 15 is 0 Å². The lowest BCUT2D eigenvalue weighted by atomic mass is 9.83. The van der Waals surface area contributed by atoms with E-state index in [9.17, 15) is 0 Å². The number of benzene rings is 1. The SMILES string of the molecule is CN=C(NCCCCCOC)N1CCC2C(CCCN2Cc2ccccc2)C1.I. The number of hydrogen-bond acceptors (Lipinski definition) is 3. The van der Waals surface area contributed by atoms with Gasteiger partial charge in [-0.25, -0.2) is 0 Å². The second kappa shape index (κ2) is 13.4. The largest absolute Gasteiger partial charge is 0.385 e. The fourth-order valence-electron chi connectivity index (χ4n) is 4.79. The molecule has 3 rings (SSSR count). The Hall–Kier alpha value is -0.860.